The molecule has 0 atom stereocenters. The Hall–Kier alpha value is -3.07. The number of carbonyl (C=O) groups is 2. The van der Waals surface area contributed by atoms with Crippen LogP contribution in [0.2, 0.25) is 5.02 Å². The summed E-state index contributed by atoms with van der Waals surface area (Å²) in [6.45, 7) is 0.325. The highest BCUT2D eigenvalue weighted by atomic mass is 35.5. The van der Waals surface area contributed by atoms with Crippen molar-refractivity contribution in [2.24, 2.45) is 5.41 Å². The lowest BCUT2D eigenvalue weighted by Gasteiger charge is -2.36. The Morgan fingerprint density at radius 3 is 2.75 bits per heavy atom. The van der Waals surface area contributed by atoms with Crippen molar-refractivity contribution < 1.29 is 18.4 Å². The summed E-state index contributed by atoms with van der Waals surface area (Å²) < 4.78 is 29.3. The van der Waals surface area contributed by atoms with Crippen LogP contribution in [0.25, 0.3) is 5.65 Å². The second kappa shape index (κ2) is 7.81. The molecule has 2 aliphatic rings. The van der Waals surface area contributed by atoms with E-state index in [0.717, 1.165) is 12.1 Å². The molecule has 0 radical (unpaired) electrons. The van der Waals surface area contributed by atoms with Gasteiger partial charge in [-0.1, -0.05) is 11.6 Å². The van der Waals surface area contributed by atoms with Gasteiger partial charge in [-0.3, -0.25) is 9.59 Å². The molecule has 1 aliphatic heterocycles. The second-order valence-electron chi connectivity index (χ2n) is 8.39. The number of rotatable bonds is 3. The summed E-state index contributed by atoms with van der Waals surface area (Å²) in [4.78, 5) is 31.5. The second-order valence-corrected chi connectivity index (χ2v) is 8.80. The zero-order valence-electron chi connectivity index (χ0n) is 17.0. The average Bonchev–Trinajstić information content (AvgIpc) is 3.32. The highest BCUT2D eigenvalue weighted by molar-refractivity contribution is 6.34. The first-order chi connectivity index (χ1) is 15.4. The number of carbonyl (C=O) groups excluding carboxylic acids is 2. The zero-order valence-corrected chi connectivity index (χ0v) is 17.8. The van der Waals surface area contributed by atoms with Crippen molar-refractivity contribution in [2.75, 3.05) is 11.4 Å². The Morgan fingerprint density at radius 1 is 1.22 bits per heavy atom. The van der Waals surface area contributed by atoms with E-state index in [9.17, 15) is 18.4 Å². The van der Waals surface area contributed by atoms with Crippen LogP contribution in [-0.4, -0.2) is 39.0 Å². The van der Waals surface area contributed by atoms with Gasteiger partial charge in [0.05, 0.1) is 22.3 Å². The molecule has 5 rings (SSSR count). The molecule has 0 bridgehead atoms. The Bertz CT molecular complexity index is 1200. The molecule has 1 spiro atoms. The largest absolute Gasteiger partial charge is 0.348 e. The van der Waals surface area contributed by atoms with Crippen molar-refractivity contribution in [3.8, 4) is 0 Å². The first-order valence-electron chi connectivity index (χ1n) is 10.4. The number of imidazole rings is 1. The molecule has 2 aromatic heterocycles. The maximum absolute atomic E-state index is 14.4. The first kappa shape index (κ1) is 20.8. The van der Waals surface area contributed by atoms with E-state index < -0.39 is 17.0 Å². The average molecular weight is 460 g/mol. The van der Waals surface area contributed by atoms with Crippen LogP contribution < -0.4 is 10.2 Å². The van der Waals surface area contributed by atoms with Gasteiger partial charge in [-0.05, 0) is 50.3 Å². The molecule has 32 heavy (non-hydrogen) atoms. The predicted molar refractivity (Wildman–Crippen MR) is 113 cm³/mol. The van der Waals surface area contributed by atoms with Crippen LogP contribution in [0, 0.1) is 17.0 Å². The highest BCUT2D eigenvalue weighted by Gasteiger charge is 2.49. The molecule has 2 amide bonds. The number of aromatic nitrogens is 3. The number of amides is 2. The van der Waals surface area contributed by atoms with Crippen molar-refractivity contribution in [1.82, 2.24) is 19.9 Å². The van der Waals surface area contributed by atoms with Gasteiger partial charge in [0, 0.05) is 24.8 Å². The van der Waals surface area contributed by atoms with Crippen molar-refractivity contribution in [3.05, 3.63) is 59.0 Å². The number of hydrogen-bond donors (Lipinski definition) is 1. The molecule has 10 heteroatoms. The summed E-state index contributed by atoms with van der Waals surface area (Å²) in [5.41, 5.74) is 0.260. The maximum atomic E-state index is 14.4. The Balaban J connectivity index is 1.26. The van der Waals surface area contributed by atoms with Gasteiger partial charge in [0.2, 0.25) is 5.91 Å². The molecule has 1 saturated carbocycles. The van der Waals surface area contributed by atoms with Crippen molar-refractivity contribution in [2.45, 2.75) is 38.1 Å². The lowest BCUT2D eigenvalue weighted by molar-refractivity contribution is -0.127. The lowest BCUT2D eigenvalue weighted by atomic mass is 9.71. The van der Waals surface area contributed by atoms with Gasteiger partial charge in [0.15, 0.2) is 11.5 Å². The van der Waals surface area contributed by atoms with Gasteiger partial charge in [-0.15, -0.1) is 0 Å². The number of nitrogens with zero attached hydrogens (tertiary/aromatic N) is 4. The fourth-order valence-corrected chi connectivity index (χ4v) is 5.14. The summed E-state index contributed by atoms with van der Waals surface area (Å²) in [7, 11) is 0. The van der Waals surface area contributed by atoms with E-state index in [-0.39, 0.29) is 28.6 Å². The molecule has 7 nitrogen and oxygen atoms in total. The maximum Gasteiger partial charge on any atom is 0.271 e. The number of nitrogens with one attached hydrogen (secondary N) is 1. The minimum atomic E-state index is -0.844. The first-order valence-corrected chi connectivity index (χ1v) is 10.8. The summed E-state index contributed by atoms with van der Waals surface area (Å²) in [6.07, 6.45) is 6.02. The molecule has 1 aromatic carbocycles. The summed E-state index contributed by atoms with van der Waals surface area (Å²) in [5.74, 6) is -2.09. The van der Waals surface area contributed by atoms with Crippen LogP contribution in [0.3, 0.4) is 0 Å². The highest BCUT2D eigenvalue weighted by Crippen LogP contribution is 2.47. The summed E-state index contributed by atoms with van der Waals surface area (Å²) in [6, 6.07) is 5.18. The smallest absolute Gasteiger partial charge is 0.271 e. The van der Waals surface area contributed by atoms with Crippen molar-refractivity contribution in [1.29, 1.82) is 0 Å². The lowest BCUT2D eigenvalue weighted by Crippen LogP contribution is -2.44. The Kier molecular flexibility index (Phi) is 5.08. The molecule has 1 N–H and O–H groups in total. The van der Waals surface area contributed by atoms with Gasteiger partial charge in [-0.2, -0.15) is 5.10 Å². The fraction of sp³-hybridized carbons (Fsp3) is 0.364. The molecule has 1 aliphatic carbocycles. The molecular weight excluding hydrogens is 440 g/mol. The molecule has 0 unspecified atom stereocenters. The van der Waals surface area contributed by atoms with Crippen molar-refractivity contribution in [3.63, 3.8) is 0 Å². The van der Waals surface area contributed by atoms with E-state index in [1.807, 2.05) is 0 Å². The van der Waals surface area contributed by atoms with Gasteiger partial charge in [0.25, 0.3) is 5.91 Å². The van der Waals surface area contributed by atoms with Crippen LogP contribution in [0.5, 0.6) is 0 Å². The van der Waals surface area contributed by atoms with Gasteiger partial charge < -0.3 is 10.2 Å². The number of hydrogen-bond acceptors (Lipinski definition) is 4. The van der Waals surface area contributed by atoms with Crippen LogP contribution >= 0.6 is 11.6 Å². The minimum absolute atomic E-state index is 0.0644. The van der Waals surface area contributed by atoms with Gasteiger partial charge >= 0.3 is 0 Å². The molecule has 3 heterocycles. The normalized spacial score (nSPS) is 23.3. The third-order valence-corrected chi connectivity index (χ3v) is 6.84. The number of benzene rings is 1. The van der Waals surface area contributed by atoms with E-state index in [1.54, 1.807) is 18.3 Å². The topological polar surface area (TPSA) is 79.6 Å². The minimum Gasteiger partial charge on any atom is -0.348 e. The Morgan fingerprint density at radius 2 is 2.00 bits per heavy atom. The van der Waals surface area contributed by atoms with E-state index >= 15 is 0 Å². The zero-order chi connectivity index (χ0) is 22.5. The SMILES string of the molecule is O=C(N[C@H]1CC[C@@]2(CCN(c3c(F)cc(F)cc3Cl)C2=O)CC1)c1cnc2cccnn12. The third kappa shape index (κ3) is 3.40. The summed E-state index contributed by atoms with van der Waals surface area (Å²) in [5, 5.41) is 7.06. The number of fused-ring (bicyclic) bond motifs is 1. The number of halogens is 3. The molecule has 166 valence electrons. The van der Waals surface area contributed by atoms with Crippen LogP contribution in [0.1, 0.15) is 42.6 Å². The standard InChI is InChI=1S/C22H20ClF2N5O2/c23-15-10-13(24)11-16(25)19(15)29-9-7-22(21(29)32)5-3-14(4-6-22)28-20(31)17-12-26-18-2-1-8-27-30(17)18/h1-2,8,10-12,14H,3-7,9H2,(H,28,31)/t14-,22-. The van der Waals surface area contributed by atoms with E-state index in [0.29, 0.717) is 50.0 Å². The quantitative estimate of drug-likeness (QED) is 0.647. The van der Waals surface area contributed by atoms with E-state index in [1.165, 1.54) is 15.6 Å². The fourth-order valence-electron chi connectivity index (χ4n) is 4.85. The molecular formula is C22H20ClF2N5O2. The molecule has 2 fully saturated rings. The summed E-state index contributed by atoms with van der Waals surface area (Å²) >= 11 is 6.04. The Labute approximate surface area is 187 Å². The molecule has 1 saturated heterocycles. The third-order valence-electron chi connectivity index (χ3n) is 6.55. The predicted octanol–water partition coefficient (Wildman–Crippen LogP) is 3.76. The van der Waals surface area contributed by atoms with E-state index in [2.05, 4.69) is 15.4 Å². The van der Waals surface area contributed by atoms with E-state index in [4.69, 9.17) is 11.6 Å². The van der Waals surface area contributed by atoms with Gasteiger partial charge in [0.1, 0.15) is 11.5 Å². The number of anilines is 1. The van der Waals surface area contributed by atoms with Crippen LogP contribution in [0.4, 0.5) is 14.5 Å². The van der Waals surface area contributed by atoms with Gasteiger partial charge in [-0.25, -0.2) is 18.3 Å². The van der Waals surface area contributed by atoms with Crippen LogP contribution in [0.15, 0.2) is 36.7 Å². The van der Waals surface area contributed by atoms with Crippen molar-refractivity contribution >= 4 is 34.7 Å². The van der Waals surface area contributed by atoms with Crippen LogP contribution in [-0.2, 0) is 4.79 Å². The monoisotopic (exact) mass is 459 g/mol. The molecule has 3 aromatic rings.